The van der Waals surface area contributed by atoms with Crippen LogP contribution in [0.15, 0.2) is 48.8 Å². The van der Waals surface area contributed by atoms with Crippen LogP contribution in [0.25, 0.3) is 5.65 Å². The summed E-state index contributed by atoms with van der Waals surface area (Å²) in [5.41, 5.74) is 2.75. The van der Waals surface area contributed by atoms with Gasteiger partial charge in [-0.1, -0.05) is 12.1 Å². The zero-order valence-corrected chi connectivity index (χ0v) is 16.7. The second kappa shape index (κ2) is 7.46. The Morgan fingerprint density at radius 1 is 1.13 bits per heavy atom. The van der Waals surface area contributed by atoms with Crippen molar-refractivity contribution >= 4 is 23.1 Å². The summed E-state index contributed by atoms with van der Waals surface area (Å²) in [6, 6.07) is 11.2. The Bertz CT molecular complexity index is 1120. The molecule has 1 atom stereocenters. The van der Waals surface area contributed by atoms with E-state index in [1.807, 2.05) is 47.9 Å². The molecule has 2 aliphatic heterocycles. The van der Waals surface area contributed by atoms with Crippen LogP contribution in [0.1, 0.15) is 16.1 Å². The average molecular weight is 406 g/mol. The van der Waals surface area contributed by atoms with Crippen molar-refractivity contribution in [2.45, 2.75) is 13.0 Å². The number of nitrogens with zero attached hydrogens (tertiary/aromatic N) is 4. The lowest BCUT2D eigenvalue weighted by molar-refractivity contribution is -0.142. The Morgan fingerprint density at radius 2 is 1.93 bits per heavy atom. The van der Waals surface area contributed by atoms with E-state index < -0.39 is 6.10 Å². The van der Waals surface area contributed by atoms with E-state index in [-0.39, 0.29) is 18.4 Å². The number of hydrogen-bond donors (Lipinski definition) is 0. The third-order valence-electron chi connectivity index (χ3n) is 5.45. The van der Waals surface area contributed by atoms with E-state index in [1.54, 1.807) is 22.1 Å². The molecule has 0 spiro atoms. The van der Waals surface area contributed by atoms with Gasteiger partial charge in [-0.05, 0) is 36.8 Å². The van der Waals surface area contributed by atoms with E-state index in [2.05, 4.69) is 4.98 Å². The van der Waals surface area contributed by atoms with Crippen molar-refractivity contribution in [3.05, 3.63) is 60.0 Å². The van der Waals surface area contributed by atoms with Crippen molar-refractivity contribution in [2.75, 3.05) is 37.7 Å². The number of pyridine rings is 1. The number of carbonyl (C=O) groups is 2. The van der Waals surface area contributed by atoms with Gasteiger partial charge in [-0.2, -0.15) is 0 Å². The Morgan fingerprint density at radius 3 is 2.77 bits per heavy atom. The van der Waals surface area contributed by atoms with Crippen molar-refractivity contribution in [1.29, 1.82) is 0 Å². The van der Waals surface area contributed by atoms with Crippen LogP contribution in [0.4, 0.5) is 5.69 Å². The van der Waals surface area contributed by atoms with Gasteiger partial charge in [0.05, 0.1) is 25.4 Å². The maximum Gasteiger partial charge on any atom is 0.278 e. The third-order valence-corrected chi connectivity index (χ3v) is 5.45. The van der Waals surface area contributed by atoms with Gasteiger partial charge >= 0.3 is 0 Å². The van der Waals surface area contributed by atoms with Crippen LogP contribution in [0, 0.1) is 6.92 Å². The number of imidazole rings is 1. The van der Waals surface area contributed by atoms with Gasteiger partial charge in [0.15, 0.2) is 6.10 Å². The number of benzene rings is 1. The summed E-state index contributed by atoms with van der Waals surface area (Å²) in [6.45, 7) is 4.20. The Balaban J connectivity index is 1.47. The number of anilines is 1. The number of hydrogen-bond acceptors (Lipinski definition) is 5. The Kier molecular flexibility index (Phi) is 4.63. The highest BCUT2D eigenvalue weighted by Crippen LogP contribution is 2.34. The zero-order valence-electron chi connectivity index (χ0n) is 16.7. The predicted molar refractivity (Wildman–Crippen MR) is 110 cm³/mol. The maximum atomic E-state index is 13.4. The molecule has 0 unspecified atom stereocenters. The molecular formula is C22H22N4O4. The monoisotopic (exact) mass is 406 g/mol. The van der Waals surface area contributed by atoms with Crippen molar-refractivity contribution in [3.8, 4) is 5.75 Å². The molecule has 0 radical (unpaired) electrons. The molecule has 3 aromatic rings. The van der Waals surface area contributed by atoms with Gasteiger partial charge < -0.3 is 18.8 Å². The molecule has 2 aliphatic rings. The number of morpholine rings is 1. The first kappa shape index (κ1) is 18.6. The summed E-state index contributed by atoms with van der Waals surface area (Å²) in [7, 11) is 0. The fourth-order valence-corrected chi connectivity index (χ4v) is 3.87. The highest BCUT2D eigenvalue weighted by molar-refractivity contribution is 6.07. The molecule has 8 nitrogen and oxygen atoms in total. The molecular weight excluding hydrogens is 384 g/mol. The molecule has 0 N–H and O–H groups in total. The fourth-order valence-electron chi connectivity index (χ4n) is 3.87. The van der Waals surface area contributed by atoms with Crippen LogP contribution in [0.5, 0.6) is 5.75 Å². The molecule has 1 aromatic carbocycles. The number of carbonyl (C=O) groups excluding carboxylic acids is 2. The van der Waals surface area contributed by atoms with Gasteiger partial charge in [0.1, 0.15) is 17.1 Å². The summed E-state index contributed by atoms with van der Waals surface area (Å²) >= 11 is 0. The predicted octanol–water partition coefficient (Wildman–Crippen LogP) is 1.91. The molecule has 4 heterocycles. The topological polar surface area (TPSA) is 76.4 Å². The Hall–Kier alpha value is -3.39. The lowest BCUT2D eigenvalue weighted by atomic mass is 10.1. The number of ether oxygens (including phenoxy) is 2. The van der Waals surface area contributed by atoms with E-state index in [1.165, 1.54) is 0 Å². The minimum absolute atomic E-state index is 0.128. The number of amides is 2. The van der Waals surface area contributed by atoms with E-state index in [4.69, 9.17) is 9.47 Å². The molecule has 0 bridgehead atoms. The molecule has 30 heavy (non-hydrogen) atoms. The number of rotatable bonds is 2. The van der Waals surface area contributed by atoms with E-state index in [0.717, 1.165) is 5.56 Å². The lowest BCUT2D eigenvalue weighted by Gasteiger charge is -2.37. The first-order chi connectivity index (χ1) is 14.6. The number of aryl methyl sites for hydroxylation is 1. The third kappa shape index (κ3) is 3.29. The number of aromatic nitrogens is 2. The normalized spacial score (nSPS) is 18.8. The van der Waals surface area contributed by atoms with E-state index >= 15 is 0 Å². The molecule has 1 fully saturated rings. The SMILES string of the molecule is Cc1ccn2cc(C(=O)N3C[C@@H](C(=O)N4CCOCC4)Oc4ccccc43)nc2c1. The molecule has 1 saturated heterocycles. The largest absolute Gasteiger partial charge is 0.476 e. The van der Waals surface area contributed by atoms with Crippen LogP contribution in [-0.4, -0.2) is 65.1 Å². The van der Waals surface area contributed by atoms with Crippen molar-refractivity contribution in [1.82, 2.24) is 14.3 Å². The molecule has 2 aromatic heterocycles. The highest BCUT2D eigenvalue weighted by atomic mass is 16.5. The van der Waals surface area contributed by atoms with Gasteiger partial charge in [-0.15, -0.1) is 0 Å². The van der Waals surface area contributed by atoms with Crippen LogP contribution in [-0.2, 0) is 9.53 Å². The van der Waals surface area contributed by atoms with Gasteiger partial charge in [-0.25, -0.2) is 4.98 Å². The van der Waals surface area contributed by atoms with Crippen molar-refractivity contribution < 1.29 is 19.1 Å². The summed E-state index contributed by atoms with van der Waals surface area (Å²) < 4.78 is 13.1. The van der Waals surface area contributed by atoms with Gasteiger partial charge in [0.25, 0.3) is 11.8 Å². The summed E-state index contributed by atoms with van der Waals surface area (Å²) in [6.07, 6.45) is 2.83. The van der Waals surface area contributed by atoms with Gasteiger partial charge in [-0.3, -0.25) is 14.5 Å². The minimum Gasteiger partial charge on any atom is -0.476 e. The molecule has 5 rings (SSSR count). The minimum atomic E-state index is -0.763. The summed E-state index contributed by atoms with van der Waals surface area (Å²) in [5, 5.41) is 0. The second-order valence-electron chi connectivity index (χ2n) is 7.52. The average Bonchev–Trinajstić information content (AvgIpc) is 3.21. The van der Waals surface area contributed by atoms with Crippen molar-refractivity contribution in [2.24, 2.45) is 0 Å². The van der Waals surface area contributed by atoms with Crippen LogP contribution >= 0.6 is 0 Å². The molecule has 0 aliphatic carbocycles. The standard InChI is InChI=1S/C22H22N4O4/c1-15-6-7-25-13-16(23-20(25)12-15)21(27)26-14-19(22(28)24-8-10-29-11-9-24)30-18-5-3-2-4-17(18)26/h2-7,12-13,19H,8-11,14H2,1H3/t19-/m0/s1. The van der Waals surface area contributed by atoms with E-state index in [9.17, 15) is 9.59 Å². The van der Waals surface area contributed by atoms with Gasteiger partial charge in [0, 0.05) is 25.5 Å². The first-order valence-electron chi connectivity index (χ1n) is 9.99. The summed E-state index contributed by atoms with van der Waals surface area (Å²) in [4.78, 5) is 34.3. The Labute approximate surface area is 173 Å². The maximum absolute atomic E-state index is 13.4. The number of fused-ring (bicyclic) bond motifs is 2. The van der Waals surface area contributed by atoms with E-state index in [0.29, 0.717) is 49.1 Å². The molecule has 8 heteroatoms. The van der Waals surface area contributed by atoms with Crippen molar-refractivity contribution in [3.63, 3.8) is 0 Å². The second-order valence-corrected chi connectivity index (χ2v) is 7.52. The molecule has 2 amide bonds. The fraction of sp³-hybridized carbons (Fsp3) is 0.318. The molecule has 154 valence electrons. The highest BCUT2D eigenvalue weighted by Gasteiger charge is 2.37. The number of para-hydroxylation sites is 2. The van der Waals surface area contributed by atoms with Gasteiger partial charge in [0.2, 0.25) is 0 Å². The van der Waals surface area contributed by atoms with Crippen LogP contribution < -0.4 is 9.64 Å². The smallest absolute Gasteiger partial charge is 0.278 e. The quantitative estimate of drug-likeness (QED) is 0.650. The van der Waals surface area contributed by atoms with Crippen LogP contribution in [0.2, 0.25) is 0 Å². The zero-order chi connectivity index (χ0) is 20.7. The lowest BCUT2D eigenvalue weighted by Crippen LogP contribution is -2.54. The molecule has 0 saturated carbocycles. The van der Waals surface area contributed by atoms with Crippen LogP contribution in [0.3, 0.4) is 0 Å². The summed E-state index contributed by atoms with van der Waals surface area (Å²) in [5.74, 6) is 0.131. The first-order valence-corrected chi connectivity index (χ1v) is 9.99.